The van der Waals surface area contributed by atoms with Crippen molar-refractivity contribution < 1.29 is 13.9 Å². The predicted molar refractivity (Wildman–Crippen MR) is 78.7 cm³/mol. The molecule has 0 atom stereocenters. The van der Waals surface area contributed by atoms with Gasteiger partial charge >= 0.3 is 5.97 Å². The lowest BCUT2D eigenvalue weighted by Gasteiger charge is -2.26. The van der Waals surface area contributed by atoms with Gasteiger partial charge in [0.05, 0.1) is 20.2 Å². The van der Waals surface area contributed by atoms with Gasteiger partial charge in [0.25, 0.3) is 0 Å². The molecule has 0 radical (unpaired) electrons. The third-order valence-electron chi connectivity index (χ3n) is 4.08. The van der Waals surface area contributed by atoms with E-state index < -0.39 is 0 Å². The molecule has 1 heterocycles. The molecular formula is C16H20N2O3. The van der Waals surface area contributed by atoms with Gasteiger partial charge in [-0.15, -0.1) is 0 Å². The molecular weight excluding hydrogens is 268 g/mol. The molecule has 3 rings (SSSR count). The number of fused-ring (bicyclic) bond motifs is 1. The van der Waals surface area contributed by atoms with Crippen LogP contribution in [0.3, 0.4) is 0 Å². The lowest BCUT2D eigenvalue weighted by molar-refractivity contribution is -0.142. The lowest BCUT2D eigenvalue weighted by Crippen LogP contribution is -2.37. The minimum Gasteiger partial charge on any atom is -0.468 e. The summed E-state index contributed by atoms with van der Waals surface area (Å²) >= 11 is 0. The fourth-order valence-corrected chi connectivity index (χ4v) is 2.98. The maximum atomic E-state index is 11.6. The zero-order valence-electron chi connectivity index (χ0n) is 12.2. The molecule has 21 heavy (non-hydrogen) atoms. The zero-order chi connectivity index (χ0) is 14.7. The minimum atomic E-state index is -0.210. The normalized spacial score (nSPS) is 15.9. The van der Waals surface area contributed by atoms with Crippen LogP contribution in [0.25, 0.3) is 11.1 Å². The van der Waals surface area contributed by atoms with E-state index in [1.807, 2.05) is 24.3 Å². The number of carbonyl (C=O) groups is 1. The van der Waals surface area contributed by atoms with E-state index in [2.05, 4.69) is 9.88 Å². The molecule has 112 valence electrons. The molecule has 1 fully saturated rings. The SMILES string of the molecule is COC(=O)CN(Cc1nc2ccccc2o1)C1CCCC1. The summed E-state index contributed by atoms with van der Waals surface area (Å²) in [6.45, 7) is 0.842. The number of rotatable bonds is 5. The van der Waals surface area contributed by atoms with E-state index in [4.69, 9.17) is 9.15 Å². The molecule has 0 saturated heterocycles. The summed E-state index contributed by atoms with van der Waals surface area (Å²) in [5.74, 6) is 0.449. The molecule has 0 unspecified atom stereocenters. The van der Waals surface area contributed by atoms with Crippen LogP contribution in [0.1, 0.15) is 31.6 Å². The Morgan fingerprint density at radius 1 is 1.38 bits per heavy atom. The van der Waals surface area contributed by atoms with Crippen LogP contribution in [0.2, 0.25) is 0 Å². The maximum absolute atomic E-state index is 11.6. The Hall–Kier alpha value is -1.88. The van der Waals surface area contributed by atoms with Crippen LogP contribution in [0, 0.1) is 0 Å². The Labute approximate surface area is 123 Å². The van der Waals surface area contributed by atoms with E-state index in [0.717, 1.165) is 23.9 Å². The Bertz CT molecular complexity index is 584. The van der Waals surface area contributed by atoms with E-state index in [9.17, 15) is 4.79 Å². The fourth-order valence-electron chi connectivity index (χ4n) is 2.98. The summed E-state index contributed by atoms with van der Waals surface area (Å²) in [5.41, 5.74) is 1.65. The number of oxazole rings is 1. The quantitative estimate of drug-likeness (QED) is 0.792. The van der Waals surface area contributed by atoms with Crippen molar-refractivity contribution in [3.05, 3.63) is 30.2 Å². The molecule has 0 amide bonds. The Balaban J connectivity index is 1.77. The number of para-hydroxylation sites is 2. The number of aromatic nitrogens is 1. The third kappa shape index (κ3) is 3.24. The molecule has 0 bridgehead atoms. The van der Waals surface area contributed by atoms with Gasteiger partial charge in [0.15, 0.2) is 5.58 Å². The zero-order valence-corrected chi connectivity index (χ0v) is 12.2. The molecule has 1 aliphatic rings. The maximum Gasteiger partial charge on any atom is 0.319 e. The fraction of sp³-hybridized carbons (Fsp3) is 0.500. The van der Waals surface area contributed by atoms with Crippen LogP contribution >= 0.6 is 0 Å². The van der Waals surface area contributed by atoms with Gasteiger partial charge in [-0.25, -0.2) is 4.98 Å². The highest BCUT2D eigenvalue weighted by Gasteiger charge is 2.26. The molecule has 2 aromatic rings. The van der Waals surface area contributed by atoms with Crippen molar-refractivity contribution in [2.75, 3.05) is 13.7 Å². The Morgan fingerprint density at radius 2 is 2.14 bits per heavy atom. The molecule has 1 saturated carbocycles. The Morgan fingerprint density at radius 3 is 2.86 bits per heavy atom. The van der Waals surface area contributed by atoms with Crippen molar-refractivity contribution in [2.24, 2.45) is 0 Å². The summed E-state index contributed by atoms with van der Waals surface area (Å²) in [5, 5.41) is 0. The summed E-state index contributed by atoms with van der Waals surface area (Å²) < 4.78 is 10.6. The smallest absolute Gasteiger partial charge is 0.319 e. The van der Waals surface area contributed by atoms with Gasteiger partial charge in [0.1, 0.15) is 5.52 Å². The largest absolute Gasteiger partial charge is 0.468 e. The first-order chi connectivity index (χ1) is 10.3. The molecule has 1 aliphatic carbocycles. The van der Waals surface area contributed by atoms with Crippen LogP contribution in [0.5, 0.6) is 0 Å². The van der Waals surface area contributed by atoms with Crippen molar-refractivity contribution in [2.45, 2.75) is 38.3 Å². The van der Waals surface area contributed by atoms with Crippen molar-refractivity contribution in [3.63, 3.8) is 0 Å². The van der Waals surface area contributed by atoms with Gasteiger partial charge in [-0.05, 0) is 25.0 Å². The van der Waals surface area contributed by atoms with Crippen LogP contribution in [-0.2, 0) is 16.1 Å². The van der Waals surface area contributed by atoms with Gasteiger partial charge in [-0.2, -0.15) is 0 Å². The van der Waals surface area contributed by atoms with E-state index in [1.54, 1.807) is 0 Å². The second-order valence-electron chi connectivity index (χ2n) is 5.49. The second kappa shape index (κ2) is 6.26. The van der Waals surface area contributed by atoms with Crippen molar-refractivity contribution in [3.8, 4) is 0 Å². The number of hydrogen-bond donors (Lipinski definition) is 0. The standard InChI is InChI=1S/C16H20N2O3/c1-20-16(19)11-18(12-6-2-3-7-12)10-15-17-13-8-4-5-9-14(13)21-15/h4-5,8-9,12H,2-3,6-7,10-11H2,1H3. The first kappa shape index (κ1) is 14.1. The molecule has 1 aromatic heterocycles. The minimum absolute atomic E-state index is 0.210. The number of ether oxygens (including phenoxy) is 1. The summed E-state index contributed by atoms with van der Waals surface area (Å²) in [4.78, 5) is 18.3. The van der Waals surface area contributed by atoms with Gasteiger partial charge in [-0.1, -0.05) is 25.0 Å². The monoisotopic (exact) mass is 288 g/mol. The van der Waals surface area contributed by atoms with Gasteiger partial charge < -0.3 is 9.15 Å². The molecule has 5 heteroatoms. The molecule has 1 aromatic carbocycles. The predicted octanol–water partition coefficient (Wildman–Crippen LogP) is 2.75. The lowest BCUT2D eigenvalue weighted by atomic mass is 10.2. The highest BCUT2D eigenvalue weighted by atomic mass is 16.5. The average molecular weight is 288 g/mol. The van der Waals surface area contributed by atoms with Crippen molar-refractivity contribution in [1.82, 2.24) is 9.88 Å². The topological polar surface area (TPSA) is 55.6 Å². The Kier molecular flexibility index (Phi) is 4.20. The van der Waals surface area contributed by atoms with Crippen molar-refractivity contribution >= 4 is 17.1 Å². The average Bonchev–Trinajstić information content (AvgIpc) is 3.15. The summed E-state index contributed by atoms with van der Waals surface area (Å²) in [6.07, 6.45) is 4.68. The third-order valence-corrected chi connectivity index (χ3v) is 4.08. The van der Waals surface area contributed by atoms with E-state index in [1.165, 1.54) is 20.0 Å². The first-order valence-electron chi connectivity index (χ1n) is 7.41. The van der Waals surface area contributed by atoms with Crippen molar-refractivity contribution in [1.29, 1.82) is 0 Å². The molecule has 0 N–H and O–H groups in total. The number of carbonyl (C=O) groups excluding carboxylic acids is 1. The van der Waals surface area contributed by atoms with E-state index >= 15 is 0 Å². The van der Waals surface area contributed by atoms with Crippen LogP contribution in [0.4, 0.5) is 0 Å². The molecule has 5 nitrogen and oxygen atoms in total. The van der Waals surface area contributed by atoms with E-state index in [-0.39, 0.29) is 5.97 Å². The van der Waals surface area contributed by atoms with Crippen LogP contribution in [-0.4, -0.2) is 35.5 Å². The number of hydrogen-bond acceptors (Lipinski definition) is 5. The summed E-state index contributed by atoms with van der Waals surface area (Å²) in [7, 11) is 1.43. The highest BCUT2D eigenvalue weighted by molar-refractivity contribution is 5.72. The number of nitrogens with zero attached hydrogens (tertiary/aromatic N) is 2. The molecule has 0 aliphatic heterocycles. The number of esters is 1. The van der Waals surface area contributed by atoms with E-state index in [0.29, 0.717) is 25.0 Å². The molecule has 0 spiro atoms. The van der Waals surface area contributed by atoms with Gasteiger partial charge in [0, 0.05) is 6.04 Å². The first-order valence-corrected chi connectivity index (χ1v) is 7.41. The number of methoxy groups -OCH3 is 1. The van der Waals surface area contributed by atoms with Gasteiger partial charge in [0.2, 0.25) is 5.89 Å². The van der Waals surface area contributed by atoms with Crippen LogP contribution in [0.15, 0.2) is 28.7 Å². The highest BCUT2D eigenvalue weighted by Crippen LogP contribution is 2.25. The summed E-state index contributed by atoms with van der Waals surface area (Å²) in [6, 6.07) is 8.13. The van der Waals surface area contributed by atoms with Crippen LogP contribution < -0.4 is 0 Å². The second-order valence-corrected chi connectivity index (χ2v) is 5.49. The van der Waals surface area contributed by atoms with Gasteiger partial charge in [-0.3, -0.25) is 9.69 Å². The number of benzene rings is 1.